The summed E-state index contributed by atoms with van der Waals surface area (Å²) in [6.45, 7) is 0. The molecule has 3 aliphatic rings. The lowest BCUT2D eigenvalue weighted by molar-refractivity contribution is 0.229. The minimum atomic E-state index is 0.745. The molecule has 0 atom stereocenters. The van der Waals surface area contributed by atoms with Gasteiger partial charge in [-0.3, -0.25) is 0 Å². The average molecular weight is 287 g/mol. The van der Waals surface area contributed by atoms with Crippen LogP contribution in [0.4, 0.5) is 0 Å². The lowest BCUT2D eigenvalue weighted by Gasteiger charge is -2.30. The molecule has 0 heteroatoms. The van der Waals surface area contributed by atoms with Gasteiger partial charge in [0.1, 0.15) is 0 Å². The molecule has 0 unspecified atom stereocenters. The van der Waals surface area contributed by atoms with Crippen molar-refractivity contribution in [2.24, 2.45) is 23.7 Å². The van der Waals surface area contributed by atoms with Crippen molar-refractivity contribution in [2.45, 2.75) is 96.3 Å². The molecule has 118 valence electrons. The van der Waals surface area contributed by atoms with Gasteiger partial charge >= 0.3 is 0 Å². The SMILES string of the molecule is C(#CC1CCC(CC2CCCCC2)CC1)C1CCCCC1. The third kappa shape index (κ3) is 5.05. The summed E-state index contributed by atoms with van der Waals surface area (Å²) in [7, 11) is 0. The Balaban J connectivity index is 1.37. The zero-order valence-electron chi connectivity index (χ0n) is 13.9. The van der Waals surface area contributed by atoms with Gasteiger partial charge in [-0.2, -0.15) is 0 Å². The highest BCUT2D eigenvalue weighted by Crippen LogP contribution is 2.37. The molecule has 21 heavy (non-hydrogen) atoms. The Bertz CT molecular complexity index is 338. The fourth-order valence-corrected chi connectivity index (χ4v) is 4.92. The van der Waals surface area contributed by atoms with Gasteiger partial charge in [-0.1, -0.05) is 63.2 Å². The first-order valence-electron chi connectivity index (χ1n) is 9.91. The van der Waals surface area contributed by atoms with Crippen LogP contribution in [0.5, 0.6) is 0 Å². The largest absolute Gasteiger partial charge is 0.0996 e. The van der Waals surface area contributed by atoms with Gasteiger partial charge in [0, 0.05) is 11.8 Å². The molecule has 3 rings (SSSR count). The topological polar surface area (TPSA) is 0 Å². The van der Waals surface area contributed by atoms with Crippen molar-refractivity contribution >= 4 is 0 Å². The summed E-state index contributed by atoms with van der Waals surface area (Å²) >= 11 is 0. The fraction of sp³-hybridized carbons (Fsp3) is 0.905. The van der Waals surface area contributed by atoms with Crippen LogP contribution in [-0.4, -0.2) is 0 Å². The Labute approximate surface area is 132 Å². The molecule has 3 aliphatic carbocycles. The molecule has 0 aromatic carbocycles. The van der Waals surface area contributed by atoms with E-state index in [4.69, 9.17) is 0 Å². The second-order valence-electron chi connectivity index (χ2n) is 8.08. The number of hydrogen-bond donors (Lipinski definition) is 0. The summed E-state index contributed by atoms with van der Waals surface area (Å²) in [5, 5.41) is 0. The summed E-state index contributed by atoms with van der Waals surface area (Å²) in [4.78, 5) is 0. The van der Waals surface area contributed by atoms with Gasteiger partial charge in [0.2, 0.25) is 0 Å². The van der Waals surface area contributed by atoms with Gasteiger partial charge < -0.3 is 0 Å². The zero-order chi connectivity index (χ0) is 14.3. The Morgan fingerprint density at radius 1 is 0.476 bits per heavy atom. The Hall–Kier alpha value is -0.440. The van der Waals surface area contributed by atoms with Gasteiger partial charge in [0.15, 0.2) is 0 Å². The average Bonchev–Trinajstić information content (AvgIpc) is 2.56. The molecular weight excluding hydrogens is 252 g/mol. The molecule has 3 saturated carbocycles. The van der Waals surface area contributed by atoms with Crippen LogP contribution < -0.4 is 0 Å². The minimum Gasteiger partial charge on any atom is -0.0996 e. The molecule has 0 N–H and O–H groups in total. The highest BCUT2D eigenvalue weighted by Gasteiger charge is 2.24. The summed E-state index contributed by atoms with van der Waals surface area (Å²) in [5.41, 5.74) is 0. The normalized spacial score (nSPS) is 32.4. The van der Waals surface area contributed by atoms with Gasteiger partial charge in [0.25, 0.3) is 0 Å². The molecule has 0 nitrogen and oxygen atoms in total. The van der Waals surface area contributed by atoms with Crippen LogP contribution in [0, 0.1) is 35.5 Å². The molecule has 0 bridgehead atoms. The van der Waals surface area contributed by atoms with Crippen molar-refractivity contribution in [1.29, 1.82) is 0 Å². The van der Waals surface area contributed by atoms with Crippen molar-refractivity contribution < 1.29 is 0 Å². The van der Waals surface area contributed by atoms with E-state index in [0.29, 0.717) is 0 Å². The van der Waals surface area contributed by atoms with E-state index in [-0.39, 0.29) is 0 Å². The van der Waals surface area contributed by atoms with E-state index >= 15 is 0 Å². The summed E-state index contributed by atoms with van der Waals surface area (Å²) in [6.07, 6.45) is 21.9. The first kappa shape index (κ1) is 15.5. The van der Waals surface area contributed by atoms with Gasteiger partial charge in [-0.25, -0.2) is 0 Å². The van der Waals surface area contributed by atoms with Crippen molar-refractivity contribution in [3.63, 3.8) is 0 Å². The molecule has 0 spiro atoms. The van der Waals surface area contributed by atoms with Crippen molar-refractivity contribution in [3.05, 3.63) is 0 Å². The third-order valence-corrected chi connectivity index (χ3v) is 6.33. The Kier molecular flexibility index (Phi) is 6.08. The third-order valence-electron chi connectivity index (χ3n) is 6.33. The number of rotatable bonds is 2. The first-order valence-corrected chi connectivity index (χ1v) is 9.91. The molecule has 0 heterocycles. The van der Waals surface area contributed by atoms with E-state index in [0.717, 1.165) is 23.7 Å². The highest BCUT2D eigenvalue weighted by molar-refractivity contribution is 5.08. The van der Waals surface area contributed by atoms with E-state index in [2.05, 4.69) is 11.8 Å². The first-order chi connectivity index (χ1) is 10.4. The molecule has 0 radical (unpaired) electrons. The standard InChI is InChI=1S/C21H34/c1-3-7-18(8-4-1)11-12-19-13-15-21(16-14-19)17-20-9-5-2-6-10-20/h18-21H,1-10,13-17H2. The van der Waals surface area contributed by atoms with Crippen LogP contribution in [0.3, 0.4) is 0 Å². The van der Waals surface area contributed by atoms with E-state index in [1.165, 1.54) is 89.9 Å². The molecule has 3 fully saturated rings. The van der Waals surface area contributed by atoms with Crippen molar-refractivity contribution in [1.82, 2.24) is 0 Å². The van der Waals surface area contributed by atoms with Crippen molar-refractivity contribution in [3.8, 4) is 11.8 Å². The second-order valence-corrected chi connectivity index (χ2v) is 8.08. The summed E-state index contributed by atoms with van der Waals surface area (Å²) in [5.74, 6) is 10.9. The Morgan fingerprint density at radius 2 is 0.952 bits per heavy atom. The molecule has 0 aromatic heterocycles. The second kappa shape index (κ2) is 8.26. The van der Waals surface area contributed by atoms with E-state index in [1.54, 1.807) is 6.42 Å². The van der Waals surface area contributed by atoms with Gasteiger partial charge in [-0.15, -0.1) is 0 Å². The van der Waals surface area contributed by atoms with Crippen LogP contribution in [-0.2, 0) is 0 Å². The molecule has 0 aromatic rings. The summed E-state index contributed by atoms with van der Waals surface area (Å²) < 4.78 is 0. The smallest absolute Gasteiger partial charge is 0.0203 e. The lowest BCUT2D eigenvalue weighted by Crippen LogP contribution is -2.18. The quantitative estimate of drug-likeness (QED) is 0.519. The Morgan fingerprint density at radius 3 is 1.57 bits per heavy atom. The van der Waals surface area contributed by atoms with E-state index in [9.17, 15) is 0 Å². The predicted molar refractivity (Wildman–Crippen MR) is 91.0 cm³/mol. The van der Waals surface area contributed by atoms with E-state index in [1.807, 2.05) is 0 Å². The van der Waals surface area contributed by atoms with Crippen molar-refractivity contribution in [2.75, 3.05) is 0 Å². The molecule has 0 amide bonds. The fourth-order valence-electron chi connectivity index (χ4n) is 4.92. The van der Waals surface area contributed by atoms with E-state index < -0.39 is 0 Å². The minimum absolute atomic E-state index is 0.745. The zero-order valence-corrected chi connectivity index (χ0v) is 13.9. The van der Waals surface area contributed by atoms with Gasteiger partial charge in [0.05, 0.1) is 0 Å². The van der Waals surface area contributed by atoms with Crippen LogP contribution in [0.2, 0.25) is 0 Å². The van der Waals surface area contributed by atoms with Gasteiger partial charge in [-0.05, 0) is 56.8 Å². The van der Waals surface area contributed by atoms with Crippen LogP contribution >= 0.6 is 0 Å². The van der Waals surface area contributed by atoms with Crippen LogP contribution in [0.25, 0.3) is 0 Å². The van der Waals surface area contributed by atoms with Crippen LogP contribution in [0.1, 0.15) is 96.3 Å². The van der Waals surface area contributed by atoms with Crippen LogP contribution in [0.15, 0.2) is 0 Å². The molecule has 0 aliphatic heterocycles. The maximum atomic E-state index is 3.67. The monoisotopic (exact) mass is 286 g/mol. The number of hydrogen-bond acceptors (Lipinski definition) is 0. The summed E-state index contributed by atoms with van der Waals surface area (Å²) in [6, 6.07) is 0. The highest BCUT2D eigenvalue weighted by atomic mass is 14.3. The predicted octanol–water partition coefficient (Wildman–Crippen LogP) is 6.35. The molecule has 0 saturated heterocycles. The maximum Gasteiger partial charge on any atom is 0.0203 e. The maximum absolute atomic E-state index is 3.67. The lowest BCUT2D eigenvalue weighted by atomic mass is 9.75. The molecular formula is C21H34.